The van der Waals surface area contributed by atoms with Crippen LogP contribution in [-0.4, -0.2) is 35.3 Å². The third-order valence-corrected chi connectivity index (χ3v) is 3.68. The number of carbonyl (C=O) groups is 2. The van der Waals surface area contributed by atoms with Crippen LogP contribution < -0.4 is 10.6 Å². The van der Waals surface area contributed by atoms with Gasteiger partial charge in [-0.3, -0.25) is 4.79 Å². The van der Waals surface area contributed by atoms with E-state index in [4.69, 9.17) is 4.74 Å². The van der Waals surface area contributed by atoms with Gasteiger partial charge in [-0.05, 0) is 55.8 Å². The lowest BCUT2D eigenvalue weighted by atomic mass is 10.1. The predicted molar refractivity (Wildman–Crippen MR) is 87.4 cm³/mol. The lowest BCUT2D eigenvalue weighted by Gasteiger charge is -2.26. The molecule has 2 rings (SSSR count). The van der Waals surface area contributed by atoms with E-state index in [0.717, 1.165) is 9.99 Å². The van der Waals surface area contributed by atoms with E-state index in [2.05, 4.69) is 33.2 Å². The lowest BCUT2D eigenvalue weighted by molar-refractivity contribution is 0.0523. The van der Waals surface area contributed by atoms with Crippen molar-refractivity contribution in [2.75, 3.05) is 13.1 Å². The van der Waals surface area contributed by atoms with Crippen LogP contribution in [0, 0.1) is 3.57 Å². The Kier molecular flexibility index (Phi) is 4.80. The molecule has 116 valence electrons. The van der Waals surface area contributed by atoms with Crippen molar-refractivity contribution < 1.29 is 14.3 Å². The average Bonchev–Trinajstić information content (AvgIpc) is 2.72. The first-order valence-corrected chi connectivity index (χ1v) is 7.96. The van der Waals surface area contributed by atoms with Gasteiger partial charge in [0.2, 0.25) is 0 Å². The van der Waals surface area contributed by atoms with E-state index in [1.165, 1.54) is 0 Å². The van der Waals surface area contributed by atoms with E-state index in [-0.39, 0.29) is 11.9 Å². The van der Waals surface area contributed by atoms with Gasteiger partial charge in [0.15, 0.2) is 0 Å². The number of nitrogens with one attached hydrogen (secondary N) is 2. The minimum Gasteiger partial charge on any atom is -0.444 e. The number of fused-ring (bicyclic) bond motifs is 1. The summed E-state index contributed by atoms with van der Waals surface area (Å²) in [7, 11) is 0. The number of ether oxygens (including phenoxy) is 1. The zero-order valence-corrected chi connectivity index (χ0v) is 14.6. The monoisotopic (exact) mass is 405 g/mol. The van der Waals surface area contributed by atoms with Crippen molar-refractivity contribution in [2.24, 2.45) is 0 Å². The molecule has 21 heavy (non-hydrogen) atoms. The summed E-state index contributed by atoms with van der Waals surface area (Å²) in [4.78, 5) is 23.3. The Labute approximate surface area is 137 Å². The van der Waals surface area contributed by atoms with Gasteiger partial charge in [-0.15, -0.1) is 0 Å². The Morgan fingerprint density at radius 1 is 1.57 bits per heavy atom. The maximum atomic E-state index is 11.8. The number of carbonyl (C=O) groups excluding carboxylic acids is 2. The van der Waals surface area contributed by atoms with E-state index >= 15 is 0 Å². The minimum atomic E-state index is -0.493. The van der Waals surface area contributed by atoms with E-state index in [1.807, 2.05) is 37.6 Å². The number of rotatable bonds is 3. The summed E-state index contributed by atoms with van der Waals surface area (Å²) in [6, 6.07) is 2.01. The number of halogens is 1. The summed E-state index contributed by atoms with van der Waals surface area (Å²) < 4.78 is 8.21. The summed E-state index contributed by atoms with van der Waals surface area (Å²) in [6.07, 6.45) is 2.29. The van der Waals surface area contributed by atoms with E-state index in [0.29, 0.717) is 18.8 Å². The molecule has 2 amide bonds. The van der Waals surface area contributed by atoms with Crippen LogP contribution >= 0.6 is 22.6 Å². The lowest BCUT2D eigenvalue weighted by Crippen LogP contribution is -2.40. The van der Waals surface area contributed by atoms with Crippen LogP contribution in [0.5, 0.6) is 0 Å². The second-order valence-electron chi connectivity index (χ2n) is 6.03. The predicted octanol–water partition coefficient (Wildman–Crippen LogP) is 2.29. The fourth-order valence-electron chi connectivity index (χ4n) is 2.23. The van der Waals surface area contributed by atoms with Crippen molar-refractivity contribution in [2.45, 2.75) is 38.8 Å². The van der Waals surface area contributed by atoms with E-state index < -0.39 is 11.7 Å². The van der Waals surface area contributed by atoms with Gasteiger partial charge in [0.1, 0.15) is 11.3 Å². The molecule has 0 fully saturated rings. The van der Waals surface area contributed by atoms with Crippen LogP contribution in [0.2, 0.25) is 0 Å². The fraction of sp³-hybridized carbons (Fsp3) is 0.571. The molecule has 1 aromatic heterocycles. The van der Waals surface area contributed by atoms with Crippen LogP contribution in [0.4, 0.5) is 4.79 Å². The molecule has 2 N–H and O–H groups in total. The SMILES string of the molecule is CC(C)(C)OC(=O)NCCC1CNC(=O)c2cc(I)cn21. The van der Waals surface area contributed by atoms with Crippen molar-refractivity contribution in [1.82, 2.24) is 15.2 Å². The molecule has 7 heteroatoms. The number of nitrogens with zero attached hydrogens (tertiary/aromatic N) is 1. The average molecular weight is 405 g/mol. The highest BCUT2D eigenvalue weighted by Crippen LogP contribution is 2.22. The Morgan fingerprint density at radius 2 is 2.29 bits per heavy atom. The molecular formula is C14H20IN3O3. The molecule has 0 saturated carbocycles. The Morgan fingerprint density at radius 3 is 2.95 bits per heavy atom. The molecule has 1 aromatic rings. The fourth-order valence-corrected chi connectivity index (χ4v) is 2.82. The summed E-state index contributed by atoms with van der Waals surface area (Å²) in [6.45, 7) is 6.57. The maximum Gasteiger partial charge on any atom is 0.407 e. The van der Waals surface area contributed by atoms with Gasteiger partial charge in [-0.1, -0.05) is 0 Å². The zero-order valence-electron chi connectivity index (χ0n) is 12.4. The van der Waals surface area contributed by atoms with E-state index in [1.54, 1.807) is 0 Å². The van der Waals surface area contributed by atoms with Crippen molar-refractivity contribution in [3.8, 4) is 0 Å². The van der Waals surface area contributed by atoms with Crippen LogP contribution in [0.3, 0.4) is 0 Å². The molecule has 1 atom stereocenters. The number of amides is 2. The highest BCUT2D eigenvalue weighted by atomic mass is 127. The molecule has 0 spiro atoms. The third kappa shape index (κ3) is 4.36. The Hall–Kier alpha value is -1.25. The highest BCUT2D eigenvalue weighted by Gasteiger charge is 2.25. The summed E-state index contributed by atoms with van der Waals surface area (Å²) in [5, 5.41) is 5.62. The smallest absolute Gasteiger partial charge is 0.407 e. The van der Waals surface area contributed by atoms with Gasteiger partial charge in [-0.2, -0.15) is 0 Å². The molecule has 0 saturated heterocycles. The summed E-state index contributed by atoms with van der Waals surface area (Å²) in [5.41, 5.74) is 0.181. The molecule has 0 aliphatic carbocycles. The number of hydrogen-bond acceptors (Lipinski definition) is 3. The number of hydrogen-bond donors (Lipinski definition) is 2. The van der Waals surface area contributed by atoms with Crippen molar-refractivity contribution in [3.63, 3.8) is 0 Å². The van der Waals surface area contributed by atoms with Crippen LogP contribution in [0.1, 0.15) is 43.7 Å². The Balaban J connectivity index is 1.89. The van der Waals surface area contributed by atoms with Gasteiger partial charge in [0.05, 0.1) is 6.04 Å². The molecule has 1 aliphatic heterocycles. The molecule has 6 nitrogen and oxygen atoms in total. The molecule has 1 aliphatic rings. The maximum absolute atomic E-state index is 11.8. The number of alkyl carbamates (subject to hydrolysis) is 1. The molecule has 0 aromatic carbocycles. The molecule has 0 bridgehead atoms. The molecule has 0 radical (unpaired) electrons. The first-order valence-electron chi connectivity index (χ1n) is 6.89. The largest absolute Gasteiger partial charge is 0.444 e. The van der Waals surface area contributed by atoms with E-state index in [9.17, 15) is 9.59 Å². The topological polar surface area (TPSA) is 72.4 Å². The third-order valence-electron chi connectivity index (χ3n) is 3.09. The molecule has 1 unspecified atom stereocenters. The van der Waals surface area contributed by atoms with Crippen LogP contribution in [0.25, 0.3) is 0 Å². The zero-order chi connectivity index (χ0) is 15.6. The number of aromatic nitrogens is 1. The second kappa shape index (κ2) is 6.25. The normalized spacial score (nSPS) is 17.9. The van der Waals surface area contributed by atoms with Crippen LogP contribution in [0.15, 0.2) is 12.3 Å². The van der Waals surface area contributed by atoms with Crippen molar-refractivity contribution in [1.29, 1.82) is 0 Å². The standard InChI is InChI=1S/C14H20IN3O3/c1-14(2,3)21-13(20)16-5-4-10-7-17-12(19)11-6-9(15)8-18(10)11/h6,8,10H,4-5,7H2,1-3H3,(H,16,20)(H,17,19). The summed E-state index contributed by atoms with van der Waals surface area (Å²) in [5.74, 6) is -0.0470. The van der Waals surface area contributed by atoms with Crippen molar-refractivity contribution >= 4 is 34.6 Å². The minimum absolute atomic E-state index is 0.0470. The van der Waals surface area contributed by atoms with Gasteiger partial charge >= 0.3 is 6.09 Å². The van der Waals surface area contributed by atoms with Gasteiger partial charge < -0.3 is 19.9 Å². The van der Waals surface area contributed by atoms with Gasteiger partial charge in [0, 0.05) is 22.9 Å². The highest BCUT2D eigenvalue weighted by molar-refractivity contribution is 14.1. The first-order chi connectivity index (χ1) is 9.76. The second-order valence-corrected chi connectivity index (χ2v) is 7.28. The van der Waals surface area contributed by atoms with Gasteiger partial charge in [0.25, 0.3) is 5.91 Å². The summed E-state index contributed by atoms with van der Waals surface area (Å²) >= 11 is 2.19. The van der Waals surface area contributed by atoms with Crippen molar-refractivity contribution in [3.05, 3.63) is 21.5 Å². The molecular weight excluding hydrogens is 385 g/mol. The van der Waals surface area contributed by atoms with Gasteiger partial charge in [-0.25, -0.2) is 4.79 Å². The van der Waals surface area contributed by atoms with Crippen LogP contribution in [-0.2, 0) is 4.74 Å². The Bertz CT molecular complexity index is 548. The molecule has 2 heterocycles. The first kappa shape index (κ1) is 16.1. The quantitative estimate of drug-likeness (QED) is 0.759.